The minimum Gasteiger partial charge on any atom is -0.480 e. The van der Waals surface area contributed by atoms with Crippen molar-refractivity contribution >= 4 is 17.7 Å². The summed E-state index contributed by atoms with van der Waals surface area (Å²) in [7, 11) is 0. The van der Waals surface area contributed by atoms with E-state index >= 15 is 0 Å². The van der Waals surface area contributed by atoms with Gasteiger partial charge in [-0.3, -0.25) is 10.1 Å². The standard InChI is InChI=1S/C15H20FNO2S/c1-10(2)17-15(14(18)19)8-7-13(9-15)20-12-5-3-11(16)4-6-12/h3-6,10,13,17H,7-9H2,1-2H3,(H,18,19). The second-order valence-electron chi connectivity index (χ2n) is 5.62. The van der Waals surface area contributed by atoms with E-state index < -0.39 is 11.5 Å². The molecule has 1 aromatic rings. The second-order valence-corrected chi connectivity index (χ2v) is 7.00. The van der Waals surface area contributed by atoms with Crippen LogP contribution in [-0.4, -0.2) is 27.9 Å². The first-order valence-corrected chi connectivity index (χ1v) is 7.72. The van der Waals surface area contributed by atoms with Crippen molar-refractivity contribution in [1.29, 1.82) is 0 Å². The number of thioether (sulfide) groups is 1. The number of hydrogen-bond donors (Lipinski definition) is 2. The van der Waals surface area contributed by atoms with Gasteiger partial charge in [0.2, 0.25) is 0 Å². The van der Waals surface area contributed by atoms with E-state index in [0.717, 1.165) is 11.3 Å². The maximum absolute atomic E-state index is 12.9. The molecule has 0 aliphatic heterocycles. The summed E-state index contributed by atoms with van der Waals surface area (Å²) in [5.41, 5.74) is -0.814. The van der Waals surface area contributed by atoms with E-state index in [1.54, 1.807) is 23.9 Å². The molecule has 2 rings (SSSR count). The number of carbonyl (C=O) groups is 1. The third kappa shape index (κ3) is 3.52. The average Bonchev–Trinajstić information content (AvgIpc) is 2.76. The summed E-state index contributed by atoms with van der Waals surface area (Å²) in [6, 6.07) is 6.51. The Bertz CT molecular complexity index is 477. The molecule has 0 saturated heterocycles. The van der Waals surface area contributed by atoms with E-state index in [9.17, 15) is 14.3 Å². The summed E-state index contributed by atoms with van der Waals surface area (Å²) < 4.78 is 12.9. The number of rotatable bonds is 5. The van der Waals surface area contributed by atoms with Gasteiger partial charge in [-0.2, -0.15) is 0 Å². The first kappa shape index (κ1) is 15.3. The predicted molar refractivity (Wildman–Crippen MR) is 78.5 cm³/mol. The summed E-state index contributed by atoms with van der Waals surface area (Å²) in [5.74, 6) is -1.02. The van der Waals surface area contributed by atoms with Crippen LogP contribution in [0.25, 0.3) is 0 Å². The van der Waals surface area contributed by atoms with Crippen molar-refractivity contribution in [3.05, 3.63) is 30.1 Å². The highest BCUT2D eigenvalue weighted by Crippen LogP contribution is 2.40. The molecule has 0 aromatic heterocycles. The van der Waals surface area contributed by atoms with E-state index in [0.29, 0.717) is 12.8 Å². The molecule has 3 nitrogen and oxygen atoms in total. The number of nitrogens with one attached hydrogen (secondary N) is 1. The molecule has 0 spiro atoms. The van der Waals surface area contributed by atoms with Gasteiger partial charge >= 0.3 is 5.97 Å². The Kier molecular flexibility index (Phi) is 4.70. The lowest BCUT2D eigenvalue weighted by atomic mass is 9.97. The molecule has 5 heteroatoms. The SMILES string of the molecule is CC(C)NC1(C(=O)O)CCC(Sc2ccc(F)cc2)C1. The van der Waals surface area contributed by atoms with Crippen LogP contribution in [0.1, 0.15) is 33.1 Å². The zero-order chi connectivity index (χ0) is 14.8. The highest BCUT2D eigenvalue weighted by atomic mass is 32.2. The molecule has 1 fully saturated rings. The van der Waals surface area contributed by atoms with Crippen LogP contribution in [0.15, 0.2) is 29.2 Å². The number of hydrogen-bond acceptors (Lipinski definition) is 3. The zero-order valence-corrected chi connectivity index (χ0v) is 12.5. The van der Waals surface area contributed by atoms with Crippen molar-refractivity contribution < 1.29 is 14.3 Å². The molecule has 0 heterocycles. The smallest absolute Gasteiger partial charge is 0.323 e. The van der Waals surface area contributed by atoms with Gasteiger partial charge in [0.1, 0.15) is 11.4 Å². The lowest BCUT2D eigenvalue weighted by molar-refractivity contribution is -0.145. The van der Waals surface area contributed by atoms with Crippen LogP contribution in [-0.2, 0) is 4.79 Å². The molecule has 20 heavy (non-hydrogen) atoms. The molecular weight excluding hydrogens is 277 g/mol. The van der Waals surface area contributed by atoms with Crippen molar-refractivity contribution in [3.63, 3.8) is 0 Å². The maximum atomic E-state index is 12.9. The minimum atomic E-state index is -0.814. The Morgan fingerprint density at radius 1 is 1.45 bits per heavy atom. The fraction of sp³-hybridized carbons (Fsp3) is 0.533. The van der Waals surface area contributed by atoms with Crippen LogP contribution in [0.2, 0.25) is 0 Å². The number of halogens is 1. The van der Waals surface area contributed by atoms with Crippen molar-refractivity contribution in [2.45, 2.75) is 54.8 Å². The third-order valence-corrected chi connectivity index (χ3v) is 4.84. The van der Waals surface area contributed by atoms with Crippen LogP contribution in [0.5, 0.6) is 0 Å². The molecule has 1 aliphatic rings. The van der Waals surface area contributed by atoms with Crippen LogP contribution in [0, 0.1) is 5.82 Å². The molecule has 2 N–H and O–H groups in total. The van der Waals surface area contributed by atoms with Gasteiger partial charge in [-0.15, -0.1) is 11.8 Å². The second kappa shape index (κ2) is 6.14. The molecule has 0 radical (unpaired) electrons. The topological polar surface area (TPSA) is 49.3 Å². The number of carboxylic acid groups (broad SMARTS) is 1. The first-order valence-electron chi connectivity index (χ1n) is 6.84. The summed E-state index contributed by atoms with van der Waals surface area (Å²) in [6.07, 6.45) is 2.09. The van der Waals surface area contributed by atoms with Gasteiger partial charge < -0.3 is 5.11 Å². The molecule has 2 atom stereocenters. The Hall–Kier alpha value is -1.07. The number of benzene rings is 1. The first-order chi connectivity index (χ1) is 9.41. The summed E-state index contributed by atoms with van der Waals surface area (Å²) in [5, 5.41) is 13.0. The van der Waals surface area contributed by atoms with E-state index in [1.165, 1.54) is 12.1 Å². The van der Waals surface area contributed by atoms with Crippen LogP contribution < -0.4 is 5.32 Å². The van der Waals surface area contributed by atoms with E-state index in [4.69, 9.17) is 0 Å². The van der Waals surface area contributed by atoms with E-state index in [-0.39, 0.29) is 17.1 Å². The molecule has 0 amide bonds. The van der Waals surface area contributed by atoms with E-state index in [2.05, 4.69) is 5.32 Å². The van der Waals surface area contributed by atoms with Crippen molar-refractivity contribution in [2.24, 2.45) is 0 Å². The van der Waals surface area contributed by atoms with Gasteiger partial charge in [-0.25, -0.2) is 4.39 Å². The molecule has 110 valence electrons. The highest BCUT2D eigenvalue weighted by Gasteiger charge is 2.45. The quantitative estimate of drug-likeness (QED) is 0.875. The average molecular weight is 297 g/mol. The zero-order valence-electron chi connectivity index (χ0n) is 11.7. The molecule has 0 bridgehead atoms. The Morgan fingerprint density at radius 2 is 2.10 bits per heavy atom. The normalized spacial score (nSPS) is 26.1. The molecule has 1 aromatic carbocycles. The Labute approximate surface area is 123 Å². The molecular formula is C15H20FNO2S. The number of carboxylic acids is 1. The monoisotopic (exact) mass is 297 g/mol. The molecule has 2 unspecified atom stereocenters. The van der Waals surface area contributed by atoms with Gasteiger partial charge in [0.25, 0.3) is 0 Å². The lowest BCUT2D eigenvalue weighted by Crippen LogP contribution is -2.53. The Balaban J connectivity index is 2.03. The van der Waals surface area contributed by atoms with Crippen LogP contribution >= 0.6 is 11.8 Å². The van der Waals surface area contributed by atoms with Crippen molar-refractivity contribution in [2.75, 3.05) is 0 Å². The van der Waals surface area contributed by atoms with Crippen LogP contribution in [0.3, 0.4) is 0 Å². The summed E-state index contributed by atoms with van der Waals surface area (Å²) in [4.78, 5) is 12.6. The fourth-order valence-corrected chi connectivity index (χ4v) is 4.03. The van der Waals surface area contributed by atoms with Crippen molar-refractivity contribution in [3.8, 4) is 0 Å². The Morgan fingerprint density at radius 3 is 2.65 bits per heavy atom. The number of aliphatic carboxylic acids is 1. The van der Waals surface area contributed by atoms with E-state index in [1.807, 2.05) is 13.8 Å². The minimum absolute atomic E-state index is 0.140. The predicted octanol–water partition coefficient (Wildman–Crippen LogP) is 3.29. The van der Waals surface area contributed by atoms with Gasteiger partial charge in [-0.1, -0.05) is 0 Å². The molecule has 1 aliphatic carbocycles. The summed E-state index contributed by atoms with van der Waals surface area (Å²) >= 11 is 1.64. The lowest BCUT2D eigenvalue weighted by Gasteiger charge is -2.28. The maximum Gasteiger partial charge on any atom is 0.323 e. The van der Waals surface area contributed by atoms with Crippen LogP contribution in [0.4, 0.5) is 4.39 Å². The van der Waals surface area contributed by atoms with Gasteiger partial charge in [0.15, 0.2) is 0 Å². The fourth-order valence-electron chi connectivity index (χ4n) is 2.75. The largest absolute Gasteiger partial charge is 0.480 e. The highest BCUT2D eigenvalue weighted by molar-refractivity contribution is 8.00. The van der Waals surface area contributed by atoms with Gasteiger partial charge in [0.05, 0.1) is 0 Å². The third-order valence-electron chi connectivity index (χ3n) is 3.56. The molecule has 1 saturated carbocycles. The summed E-state index contributed by atoms with van der Waals surface area (Å²) in [6.45, 7) is 3.93. The van der Waals surface area contributed by atoms with Crippen molar-refractivity contribution in [1.82, 2.24) is 5.32 Å². The van der Waals surface area contributed by atoms with Gasteiger partial charge in [0, 0.05) is 16.2 Å². The van der Waals surface area contributed by atoms with Gasteiger partial charge in [-0.05, 0) is 57.4 Å².